The van der Waals surface area contributed by atoms with Crippen molar-refractivity contribution < 1.29 is 23.7 Å². The molecule has 6 atom stereocenters. The molecule has 1 aromatic heterocycles. The van der Waals surface area contributed by atoms with Gasteiger partial charge in [0.2, 0.25) is 5.91 Å². The summed E-state index contributed by atoms with van der Waals surface area (Å²) in [5.41, 5.74) is 2.78. The van der Waals surface area contributed by atoms with E-state index in [1.54, 1.807) is 12.1 Å². The molecular weight excluding hydrogens is 605 g/mol. The van der Waals surface area contributed by atoms with E-state index in [1.165, 1.54) is 12.4 Å². The van der Waals surface area contributed by atoms with E-state index in [0.29, 0.717) is 29.5 Å². The van der Waals surface area contributed by atoms with Crippen molar-refractivity contribution in [1.82, 2.24) is 25.9 Å². The Balaban J connectivity index is 1.19. The van der Waals surface area contributed by atoms with E-state index in [0.717, 1.165) is 24.0 Å². The predicted octanol–water partition coefficient (Wildman–Crippen LogP) is 4.78. The quantitative estimate of drug-likeness (QED) is 0.255. The Hall–Kier alpha value is -4.09. The van der Waals surface area contributed by atoms with Crippen LogP contribution in [0.3, 0.4) is 0 Å². The van der Waals surface area contributed by atoms with E-state index in [-0.39, 0.29) is 35.6 Å². The van der Waals surface area contributed by atoms with Crippen LogP contribution in [0.5, 0.6) is 0 Å². The number of carbonyl (C=O) groups is 3. The number of carbonyl (C=O) groups excluding carboxylic acids is 3. The first kappa shape index (κ1) is 33.8. The van der Waals surface area contributed by atoms with Crippen LogP contribution in [0.4, 0.5) is 0 Å². The molecule has 3 N–H and O–H groups in total. The summed E-state index contributed by atoms with van der Waals surface area (Å²) in [6, 6.07) is 15.6. The van der Waals surface area contributed by atoms with Crippen LogP contribution in [-0.4, -0.2) is 65.0 Å². The molecule has 4 aliphatic rings. The van der Waals surface area contributed by atoms with Gasteiger partial charge in [0, 0.05) is 17.7 Å². The second-order valence-corrected chi connectivity index (χ2v) is 14.8. The number of aryl methyl sites for hydroxylation is 1. The number of hydrogen-bond donors (Lipinski definition) is 3. The van der Waals surface area contributed by atoms with Crippen LogP contribution in [-0.2, 0) is 14.1 Å². The van der Waals surface area contributed by atoms with Crippen LogP contribution in [0.25, 0.3) is 11.3 Å². The summed E-state index contributed by atoms with van der Waals surface area (Å²) in [5.74, 6) is -0.637. The average molecular weight is 652 g/mol. The maximum Gasteiger partial charge on any atom is 0.481 e. The number of hydrogen-bond acceptors (Lipinski definition) is 7. The molecule has 1 aliphatic heterocycles. The van der Waals surface area contributed by atoms with Crippen LogP contribution < -0.4 is 16.0 Å². The Morgan fingerprint density at radius 3 is 2.31 bits per heavy atom. The number of nitrogens with one attached hydrogen (secondary N) is 3. The van der Waals surface area contributed by atoms with E-state index in [4.69, 9.17) is 9.31 Å². The number of nitrogens with zero attached hydrogens (tertiary/aromatic N) is 2. The lowest BCUT2D eigenvalue weighted by Gasteiger charge is -2.64. The maximum atomic E-state index is 14.0. The zero-order valence-corrected chi connectivity index (χ0v) is 28.7. The van der Waals surface area contributed by atoms with Crippen LogP contribution in [0.1, 0.15) is 80.3 Å². The zero-order chi connectivity index (χ0) is 34.2. The third kappa shape index (κ3) is 6.76. The lowest BCUT2D eigenvalue weighted by molar-refractivity contribution is -0.199. The minimum Gasteiger partial charge on any atom is -0.404 e. The van der Waals surface area contributed by atoms with Gasteiger partial charge in [-0.1, -0.05) is 75.7 Å². The van der Waals surface area contributed by atoms with Crippen molar-refractivity contribution in [2.45, 2.75) is 84.5 Å². The minimum atomic E-state index is -1.11. The highest BCUT2D eigenvalue weighted by atomic mass is 16.7. The molecule has 3 saturated carbocycles. The lowest BCUT2D eigenvalue weighted by atomic mass is 9.43. The van der Waals surface area contributed by atoms with Gasteiger partial charge >= 0.3 is 7.12 Å². The SMILES string of the molecule is Cc1ccc(C(=O)NC[C@H](NC(=O)c2cnc(-c3ccccc3)cn2)C(=O)N[C@@H](CC(C)C)B2O[C@@H]3C[C@H]4C[C@H](C4(C)C)[C@]3(C)O2)cc1. The standard InChI is InChI=1S/C37H46BN5O5/c1-22(2)16-32(38-47-31-18-26-17-30(36(26,4)5)37(31,6)48-38)43-35(46)29(21-41-33(44)25-14-12-23(3)13-15-25)42-34(45)28-20-39-27(19-40-28)24-10-8-7-9-11-24/h7-15,19-20,22,26,29-32H,16-18,21H2,1-6H3,(H,41,44)(H,42,45)(H,43,46)/t26-,29+,30-,31-,32+,37+/m1/s1. The number of rotatable bonds is 11. The van der Waals surface area contributed by atoms with Gasteiger partial charge in [-0.15, -0.1) is 0 Å². The summed E-state index contributed by atoms with van der Waals surface area (Å²) < 4.78 is 13.3. The van der Waals surface area contributed by atoms with E-state index >= 15 is 0 Å². The Morgan fingerprint density at radius 2 is 1.67 bits per heavy atom. The molecule has 3 aromatic rings. The minimum absolute atomic E-state index is 0.0347. The summed E-state index contributed by atoms with van der Waals surface area (Å²) in [6.07, 6.45) is 5.55. The van der Waals surface area contributed by atoms with Crippen molar-refractivity contribution in [3.8, 4) is 11.3 Å². The molecule has 4 fully saturated rings. The van der Waals surface area contributed by atoms with Crippen molar-refractivity contribution in [3.63, 3.8) is 0 Å². The normalized spacial score (nSPS) is 25.0. The van der Waals surface area contributed by atoms with Crippen LogP contribution in [0.15, 0.2) is 67.0 Å². The van der Waals surface area contributed by atoms with Crippen molar-refractivity contribution >= 4 is 24.8 Å². The zero-order valence-electron chi connectivity index (χ0n) is 28.7. The van der Waals surface area contributed by atoms with E-state index in [2.05, 4.69) is 60.5 Å². The smallest absolute Gasteiger partial charge is 0.404 e. The Bertz CT molecular complexity index is 1630. The van der Waals surface area contributed by atoms with E-state index in [1.807, 2.05) is 49.4 Å². The molecule has 3 amide bonds. The van der Waals surface area contributed by atoms with Gasteiger partial charge in [0.1, 0.15) is 11.7 Å². The highest BCUT2D eigenvalue weighted by Crippen LogP contribution is 2.65. The maximum absolute atomic E-state index is 14.0. The van der Waals surface area contributed by atoms with Gasteiger partial charge in [0.05, 0.1) is 35.7 Å². The fourth-order valence-electron chi connectivity index (χ4n) is 7.75. The molecule has 2 heterocycles. The molecule has 11 heteroatoms. The molecule has 48 heavy (non-hydrogen) atoms. The van der Waals surface area contributed by atoms with Crippen LogP contribution in [0, 0.1) is 30.1 Å². The lowest BCUT2D eigenvalue weighted by Crippen LogP contribution is -2.65. The van der Waals surface area contributed by atoms with E-state index < -0.39 is 36.5 Å². The third-order valence-electron chi connectivity index (χ3n) is 10.7. The summed E-state index contributed by atoms with van der Waals surface area (Å²) in [6.45, 7) is 12.8. The first-order chi connectivity index (χ1) is 22.8. The predicted molar refractivity (Wildman–Crippen MR) is 184 cm³/mol. The first-order valence-electron chi connectivity index (χ1n) is 17.0. The summed E-state index contributed by atoms with van der Waals surface area (Å²) in [7, 11) is -0.628. The Kier molecular flexibility index (Phi) is 9.46. The van der Waals surface area contributed by atoms with Crippen LogP contribution in [0.2, 0.25) is 0 Å². The van der Waals surface area contributed by atoms with Gasteiger partial charge in [0.15, 0.2) is 0 Å². The molecule has 7 rings (SSSR count). The second kappa shape index (κ2) is 13.4. The summed E-state index contributed by atoms with van der Waals surface area (Å²) >= 11 is 0. The largest absolute Gasteiger partial charge is 0.481 e. The highest BCUT2D eigenvalue weighted by Gasteiger charge is 2.68. The van der Waals surface area contributed by atoms with Gasteiger partial charge in [-0.05, 0) is 68.4 Å². The van der Waals surface area contributed by atoms with E-state index in [9.17, 15) is 14.4 Å². The van der Waals surface area contributed by atoms with Crippen molar-refractivity contribution in [1.29, 1.82) is 0 Å². The average Bonchev–Trinajstić information content (AvgIpc) is 3.44. The van der Waals surface area contributed by atoms with Crippen LogP contribution >= 0.6 is 0 Å². The first-order valence-corrected chi connectivity index (χ1v) is 17.0. The molecular formula is C37H46BN5O5. The molecule has 10 nitrogen and oxygen atoms in total. The van der Waals surface area contributed by atoms with Crippen molar-refractivity contribution in [3.05, 3.63) is 83.8 Å². The van der Waals surface area contributed by atoms with Crippen molar-refractivity contribution in [2.24, 2.45) is 23.2 Å². The number of amides is 3. The fourth-order valence-corrected chi connectivity index (χ4v) is 7.75. The molecule has 0 radical (unpaired) electrons. The Morgan fingerprint density at radius 1 is 0.938 bits per heavy atom. The topological polar surface area (TPSA) is 132 Å². The molecule has 2 aromatic carbocycles. The molecule has 0 unspecified atom stereocenters. The molecule has 252 valence electrons. The molecule has 3 aliphatic carbocycles. The van der Waals surface area contributed by atoms with Gasteiger partial charge in [-0.2, -0.15) is 0 Å². The highest BCUT2D eigenvalue weighted by molar-refractivity contribution is 6.48. The van der Waals surface area contributed by atoms with Gasteiger partial charge in [0.25, 0.3) is 11.8 Å². The molecule has 2 bridgehead atoms. The second-order valence-electron chi connectivity index (χ2n) is 14.8. The van der Waals surface area contributed by atoms with Crippen molar-refractivity contribution in [2.75, 3.05) is 6.54 Å². The number of aromatic nitrogens is 2. The monoisotopic (exact) mass is 651 g/mol. The van der Waals surface area contributed by atoms with Gasteiger partial charge < -0.3 is 25.3 Å². The molecule has 1 saturated heterocycles. The summed E-state index contributed by atoms with van der Waals surface area (Å²) in [4.78, 5) is 49.2. The molecule has 0 spiro atoms. The summed E-state index contributed by atoms with van der Waals surface area (Å²) in [5, 5.41) is 8.75. The van der Waals surface area contributed by atoms with Gasteiger partial charge in [-0.3, -0.25) is 19.4 Å². The Labute approximate surface area is 283 Å². The third-order valence-corrected chi connectivity index (χ3v) is 10.7. The fraction of sp³-hybridized carbons (Fsp3) is 0.486. The number of benzene rings is 2. The van der Waals surface area contributed by atoms with Gasteiger partial charge in [-0.25, -0.2) is 4.98 Å².